The van der Waals surface area contributed by atoms with E-state index in [1.165, 1.54) is 12.1 Å². The van der Waals surface area contributed by atoms with Gasteiger partial charge in [0.1, 0.15) is 5.82 Å². The fourth-order valence-corrected chi connectivity index (χ4v) is 5.19. The van der Waals surface area contributed by atoms with Gasteiger partial charge in [-0.15, -0.1) is 0 Å². The summed E-state index contributed by atoms with van der Waals surface area (Å²) in [6.07, 6.45) is -2.77. The van der Waals surface area contributed by atoms with Gasteiger partial charge in [-0.2, -0.15) is 0 Å². The Balaban J connectivity index is 0.00000484. The molecule has 0 aliphatic carbocycles. The van der Waals surface area contributed by atoms with Gasteiger partial charge >= 0.3 is 0 Å². The maximum atomic E-state index is 14.0. The summed E-state index contributed by atoms with van der Waals surface area (Å²) < 4.78 is 16.0. The van der Waals surface area contributed by atoms with E-state index in [1.807, 2.05) is 66.9 Å². The summed E-state index contributed by atoms with van der Waals surface area (Å²) in [5.74, 6) is -2.20. The molecule has 1 heterocycles. The summed E-state index contributed by atoms with van der Waals surface area (Å²) in [6.45, 7) is 4.22. The van der Waals surface area contributed by atoms with Gasteiger partial charge in [0.2, 0.25) is 0 Å². The van der Waals surface area contributed by atoms with Crippen molar-refractivity contribution in [3.05, 3.63) is 102 Å². The molecule has 222 valence electrons. The van der Waals surface area contributed by atoms with E-state index in [0.717, 1.165) is 11.3 Å². The van der Waals surface area contributed by atoms with E-state index in [-0.39, 0.29) is 37.4 Å². The highest BCUT2D eigenvalue weighted by Crippen LogP contribution is 2.42. The van der Waals surface area contributed by atoms with Gasteiger partial charge in [0, 0.05) is 35.9 Å². The average Bonchev–Trinajstić information content (AvgIpc) is 3.28. The van der Waals surface area contributed by atoms with Crippen molar-refractivity contribution in [2.45, 2.75) is 57.8 Å². The molecule has 3 aromatic carbocycles. The maximum Gasteiger partial charge on any atom is 0.258 e. The first kappa shape index (κ1) is 32.2. The monoisotopic (exact) mass is 575 g/mol. The van der Waals surface area contributed by atoms with Crippen molar-refractivity contribution in [1.29, 1.82) is 0 Å². The molecule has 0 saturated heterocycles. The molecule has 4 rings (SSSR count). The number of carbonyl (C=O) groups excluding carboxylic acids is 2. The minimum Gasteiger partial charge on any atom is -0.550 e. The third-order valence-corrected chi connectivity index (χ3v) is 6.92. The second-order valence-electron chi connectivity index (χ2n) is 10.4. The Kier molecular flexibility index (Phi) is 11.2. The fourth-order valence-electron chi connectivity index (χ4n) is 5.19. The number of carbonyl (C=O) groups is 2. The lowest BCUT2D eigenvalue weighted by Gasteiger charge is -2.20. The van der Waals surface area contributed by atoms with Crippen molar-refractivity contribution in [3.8, 4) is 22.4 Å². The van der Waals surface area contributed by atoms with Crippen molar-refractivity contribution in [3.63, 3.8) is 0 Å². The molecule has 8 nitrogen and oxygen atoms in total. The van der Waals surface area contributed by atoms with Crippen LogP contribution in [0.25, 0.3) is 22.4 Å². The van der Waals surface area contributed by atoms with Gasteiger partial charge < -0.3 is 36.1 Å². The molecular formula is C33H38FN3O5. The molecule has 1 aromatic heterocycles. The van der Waals surface area contributed by atoms with Crippen LogP contribution < -0.4 is 16.6 Å². The SMILES string of the molecule is CC(C)c1c(C(=O)Nc2ccccc2)c(-c2ccccc2)c(-c2ccc(F)cc2)n1CCC(O)CC(O)CC(=O)[O-].[NH4+]. The van der Waals surface area contributed by atoms with E-state index >= 15 is 0 Å². The van der Waals surface area contributed by atoms with Crippen LogP contribution >= 0.6 is 0 Å². The van der Waals surface area contributed by atoms with E-state index in [0.29, 0.717) is 28.1 Å². The van der Waals surface area contributed by atoms with Crippen molar-refractivity contribution >= 4 is 17.6 Å². The lowest BCUT2D eigenvalue weighted by molar-refractivity contribution is -0.307. The highest BCUT2D eigenvalue weighted by molar-refractivity contribution is 6.12. The largest absolute Gasteiger partial charge is 0.550 e. The molecule has 4 aromatic rings. The smallest absolute Gasteiger partial charge is 0.258 e. The zero-order valence-corrected chi connectivity index (χ0v) is 24.1. The summed E-state index contributed by atoms with van der Waals surface area (Å²) in [6, 6.07) is 24.7. The predicted octanol–water partition coefficient (Wildman–Crippen LogP) is 5.36. The van der Waals surface area contributed by atoms with E-state index < -0.39 is 30.4 Å². The number of aliphatic carboxylic acids is 1. The van der Waals surface area contributed by atoms with Gasteiger partial charge in [-0.1, -0.05) is 62.4 Å². The number of benzene rings is 3. The van der Waals surface area contributed by atoms with Crippen LogP contribution in [0.3, 0.4) is 0 Å². The Hall–Kier alpha value is -4.31. The molecule has 42 heavy (non-hydrogen) atoms. The number of quaternary nitrogens is 1. The van der Waals surface area contributed by atoms with Gasteiger partial charge in [0.05, 0.1) is 23.5 Å². The number of amides is 1. The van der Waals surface area contributed by atoms with Crippen LogP contribution in [0.4, 0.5) is 10.1 Å². The number of para-hydroxylation sites is 1. The molecule has 0 radical (unpaired) electrons. The predicted molar refractivity (Wildman–Crippen MR) is 161 cm³/mol. The highest BCUT2D eigenvalue weighted by Gasteiger charge is 2.30. The van der Waals surface area contributed by atoms with Crippen LogP contribution in [-0.2, 0) is 11.3 Å². The Bertz CT molecular complexity index is 1470. The first-order chi connectivity index (χ1) is 19.7. The lowest BCUT2D eigenvalue weighted by Crippen LogP contribution is -2.29. The molecule has 9 heteroatoms. The highest BCUT2D eigenvalue weighted by atomic mass is 19.1. The molecule has 2 atom stereocenters. The first-order valence-electron chi connectivity index (χ1n) is 13.7. The van der Waals surface area contributed by atoms with Crippen LogP contribution in [0, 0.1) is 5.82 Å². The van der Waals surface area contributed by atoms with E-state index in [9.17, 15) is 29.3 Å². The van der Waals surface area contributed by atoms with Crippen LogP contribution in [0.15, 0.2) is 84.9 Å². The third-order valence-electron chi connectivity index (χ3n) is 6.92. The number of carboxylic acid groups (broad SMARTS) is 1. The van der Waals surface area contributed by atoms with Gasteiger partial charge in [-0.05, 0) is 66.3 Å². The minimum atomic E-state index is -1.39. The number of carboxylic acids is 1. The van der Waals surface area contributed by atoms with Gasteiger partial charge in [-0.25, -0.2) is 4.39 Å². The number of nitrogens with zero attached hydrogens (tertiary/aromatic N) is 1. The van der Waals surface area contributed by atoms with Gasteiger partial charge in [0.25, 0.3) is 5.91 Å². The number of halogens is 1. The second-order valence-corrected chi connectivity index (χ2v) is 10.4. The third kappa shape index (κ3) is 7.70. The quantitative estimate of drug-likeness (QED) is 0.179. The Labute approximate surface area is 245 Å². The van der Waals surface area contributed by atoms with Gasteiger partial charge in [-0.3, -0.25) is 4.79 Å². The molecule has 0 fully saturated rings. The molecule has 0 aliphatic heterocycles. The molecule has 2 unspecified atom stereocenters. The number of hydrogen-bond acceptors (Lipinski definition) is 5. The minimum absolute atomic E-state index is 0. The summed E-state index contributed by atoms with van der Waals surface area (Å²) in [5, 5.41) is 34.6. The summed E-state index contributed by atoms with van der Waals surface area (Å²) in [7, 11) is 0. The number of aliphatic hydroxyl groups excluding tert-OH is 2. The number of nitrogens with one attached hydrogen (secondary N) is 1. The molecule has 1 amide bonds. The van der Waals surface area contributed by atoms with Crippen molar-refractivity contribution in [1.82, 2.24) is 10.7 Å². The number of aromatic nitrogens is 1. The van der Waals surface area contributed by atoms with Crippen LogP contribution in [0.2, 0.25) is 0 Å². The zero-order valence-electron chi connectivity index (χ0n) is 24.1. The number of aliphatic hydroxyl groups is 2. The molecule has 0 spiro atoms. The van der Waals surface area contributed by atoms with Gasteiger partial charge in [0.15, 0.2) is 0 Å². The molecule has 7 N–H and O–H groups in total. The molecule has 0 saturated carbocycles. The van der Waals surface area contributed by atoms with Crippen molar-refractivity contribution in [2.75, 3.05) is 5.32 Å². The van der Waals surface area contributed by atoms with Crippen molar-refractivity contribution in [2.24, 2.45) is 0 Å². The summed E-state index contributed by atoms with van der Waals surface area (Å²) >= 11 is 0. The lowest BCUT2D eigenvalue weighted by atomic mass is 9.94. The Morgan fingerprint density at radius 3 is 2.05 bits per heavy atom. The Morgan fingerprint density at radius 2 is 1.48 bits per heavy atom. The number of rotatable bonds is 12. The normalized spacial score (nSPS) is 12.4. The molecule has 0 bridgehead atoms. The summed E-state index contributed by atoms with van der Waals surface area (Å²) in [5.41, 5.74) is 4.72. The fraction of sp³-hybridized carbons (Fsp3) is 0.273. The van der Waals surface area contributed by atoms with Crippen LogP contribution in [0.1, 0.15) is 55.1 Å². The zero-order chi connectivity index (χ0) is 29.5. The average molecular weight is 576 g/mol. The number of hydrogen-bond donors (Lipinski definition) is 4. The maximum absolute atomic E-state index is 14.0. The number of anilines is 1. The van der Waals surface area contributed by atoms with E-state index in [4.69, 9.17) is 0 Å². The van der Waals surface area contributed by atoms with E-state index in [2.05, 4.69) is 5.32 Å². The Morgan fingerprint density at radius 1 is 0.881 bits per heavy atom. The van der Waals surface area contributed by atoms with Crippen molar-refractivity contribution < 1.29 is 29.3 Å². The molecule has 0 aliphatic rings. The second kappa shape index (κ2) is 14.5. The topological polar surface area (TPSA) is 151 Å². The van der Waals surface area contributed by atoms with Crippen LogP contribution in [-0.4, -0.2) is 38.9 Å². The van der Waals surface area contributed by atoms with E-state index in [1.54, 1.807) is 24.3 Å². The standard InChI is InChI=1S/C33H35FN2O5.H3N/c1-21(2)31-30(33(41)35-25-11-7-4-8-12-25)29(22-9-5-3-6-10-22)32(23-13-15-24(34)16-14-23)36(31)18-17-26(37)19-27(38)20-28(39)40;/h3-16,21,26-27,37-38H,17-20H2,1-2H3,(H,35,41)(H,39,40);1H3. The van der Waals surface area contributed by atoms with Crippen LogP contribution in [0.5, 0.6) is 0 Å². The summed E-state index contributed by atoms with van der Waals surface area (Å²) in [4.78, 5) is 24.9. The molecular weight excluding hydrogens is 537 g/mol. The first-order valence-corrected chi connectivity index (χ1v) is 13.7.